The van der Waals surface area contributed by atoms with Crippen LogP contribution in [0.1, 0.15) is 20.3 Å². The van der Waals surface area contributed by atoms with Crippen LogP contribution in [-0.4, -0.2) is 61.7 Å². The number of aliphatic hydroxyl groups is 1. The molecule has 30 heavy (non-hydrogen) atoms. The quantitative estimate of drug-likeness (QED) is 0.602. The van der Waals surface area contributed by atoms with Gasteiger partial charge < -0.3 is 24.1 Å². The highest BCUT2D eigenvalue weighted by Gasteiger charge is 2.26. The predicted molar refractivity (Wildman–Crippen MR) is 112 cm³/mol. The fraction of sp³-hybridized carbons (Fsp3) is 0.478. The van der Waals surface area contributed by atoms with Crippen LogP contribution in [0.5, 0.6) is 23.0 Å². The lowest BCUT2D eigenvalue weighted by molar-refractivity contribution is 0.0693. The maximum absolute atomic E-state index is 13.0. The van der Waals surface area contributed by atoms with Crippen molar-refractivity contribution in [2.75, 3.05) is 39.5 Å². The summed E-state index contributed by atoms with van der Waals surface area (Å²) in [5.41, 5.74) is 0. The van der Waals surface area contributed by atoms with E-state index in [9.17, 15) is 9.50 Å². The van der Waals surface area contributed by atoms with Crippen molar-refractivity contribution in [1.82, 2.24) is 4.90 Å². The van der Waals surface area contributed by atoms with Crippen LogP contribution in [0.3, 0.4) is 0 Å². The normalized spacial score (nSPS) is 17.5. The molecule has 1 heterocycles. The van der Waals surface area contributed by atoms with E-state index in [0.29, 0.717) is 49.3 Å². The van der Waals surface area contributed by atoms with E-state index >= 15 is 0 Å². The SMILES string of the molecule is CCOc1cccc(OCC)c1OCC(O)CN1CCC(Oc2ccc(F)cc2)C1. The smallest absolute Gasteiger partial charge is 0.203 e. The number of para-hydroxylation sites is 1. The van der Waals surface area contributed by atoms with Crippen molar-refractivity contribution in [1.29, 1.82) is 0 Å². The third-order valence-corrected chi connectivity index (χ3v) is 4.78. The number of hydrogen-bond acceptors (Lipinski definition) is 6. The van der Waals surface area contributed by atoms with E-state index in [1.807, 2.05) is 32.0 Å². The van der Waals surface area contributed by atoms with Crippen LogP contribution in [0, 0.1) is 5.82 Å². The number of rotatable bonds is 11. The molecule has 0 aliphatic carbocycles. The second kappa shape index (κ2) is 11.0. The number of β-amino-alcohol motifs (C(OH)–C–C–N with tert-alkyl or cyclic N) is 1. The summed E-state index contributed by atoms with van der Waals surface area (Å²) in [5, 5.41) is 10.5. The maximum atomic E-state index is 13.0. The summed E-state index contributed by atoms with van der Waals surface area (Å²) in [6, 6.07) is 11.5. The summed E-state index contributed by atoms with van der Waals surface area (Å²) < 4.78 is 36.1. The zero-order valence-corrected chi connectivity index (χ0v) is 17.6. The van der Waals surface area contributed by atoms with Gasteiger partial charge in [-0.2, -0.15) is 0 Å². The van der Waals surface area contributed by atoms with Crippen LogP contribution >= 0.6 is 0 Å². The minimum Gasteiger partial charge on any atom is -0.490 e. The van der Waals surface area contributed by atoms with Crippen LogP contribution in [0.15, 0.2) is 42.5 Å². The van der Waals surface area contributed by atoms with Crippen molar-refractivity contribution < 1.29 is 28.4 Å². The highest BCUT2D eigenvalue weighted by molar-refractivity contribution is 5.51. The van der Waals surface area contributed by atoms with Crippen molar-refractivity contribution in [3.05, 3.63) is 48.3 Å². The van der Waals surface area contributed by atoms with Gasteiger partial charge >= 0.3 is 0 Å². The standard InChI is InChI=1S/C23H30FNO5/c1-3-27-21-6-5-7-22(28-4-2)23(21)29-16-18(26)14-25-13-12-20(15-25)30-19-10-8-17(24)9-11-19/h5-11,18,20,26H,3-4,12-16H2,1-2H3. The Morgan fingerprint density at radius 3 is 2.33 bits per heavy atom. The molecule has 6 nitrogen and oxygen atoms in total. The summed E-state index contributed by atoms with van der Waals surface area (Å²) in [5.74, 6) is 2.09. The highest BCUT2D eigenvalue weighted by Crippen LogP contribution is 2.37. The first kappa shape index (κ1) is 22.2. The highest BCUT2D eigenvalue weighted by atomic mass is 19.1. The fourth-order valence-electron chi connectivity index (χ4n) is 3.47. The van der Waals surface area contributed by atoms with Gasteiger partial charge in [0.05, 0.1) is 13.2 Å². The Kier molecular flexibility index (Phi) is 8.16. The van der Waals surface area contributed by atoms with Crippen LogP contribution < -0.4 is 18.9 Å². The molecule has 2 atom stereocenters. The molecule has 1 aliphatic rings. The molecule has 0 saturated carbocycles. The zero-order chi connectivity index (χ0) is 21.3. The molecule has 0 amide bonds. The first-order valence-corrected chi connectivity index (χ1v) is 10.4. The van der Waals surface area contributed by atoms with Crippen molar-refractivity contribution in [2.45, 2.75) is 32.5 Å². The van der Waals surface area contributed by atoms with Gasteiger partial charge in [-0.3, -0.25) is 4.90 Å². The Morgan fingerprint density at radius 1 is 1.03 bits per heavy atom. The first-order valence-electron chi connectivity index (χ1n) is 10.4. The van der Waals surface area contributed by atoms with Crippen molar-refractivity contribution in [3.63, 3.8) is 0 Å². The number of nitrogens with zero attached hydrogens (tertiary/aromatic N) is 1. The van der Waals surface area contributed by atoms with Gasteiger partial charge in [0.1, 0.15) is 30.4 Å². The monoisotopic (exact) mass is 419 g/mol. The molecule has 7 heteroatoms. The lowest BCUT2D eigenvalue weighted by Gasteiger charge is -2.22. The van der Waals surface area contributed by atoms with E-state index in [0.717, 1.165) is 13.0 Å². The van der Waals surface area contributed by atoms with Crippen LogP contribution in [0.2, 0.25) is 0 Å². The molecule has 0 spiro atoms. The van der Waals surface area contributed by atoms with Gasteiger partial charge in [-0.15, -0.1) is 0 Å². The Balaban J connectivity index is 1.49. The largest absolute Gasteiger partial charge is 0.490 e. The summed E-state index contributed by atoms with van der Waals surface area (Å²) in [6.07, 6.45) is 0.206. The number of benzene rings is 2. The Labute approximate surface area is 177 Å². The van der Waals surface area contributed by atoms with Gasteiger partial charge in [0.2, 0.25) is 5.75 Å². The minimum absolute atomic E-state index is 0.0202. The van der Waals surface area contributed by atoms with Gasteiger partial charge in [-0.25, -0.2) is 4.39 Å². The molecule has 1 N–H and O–H groups in total. The van der Waals surface area contributed by atoms with Gasteiger partial charge in [0, 0.05) is 19.6 Å². The molecule has 0 radical (unpaired) electrons. The lowest BCUT2D eigenvalue weighted by Crippen LogP contribution is -2.35. The van der Waals surface area contributed by atoms with E-state index in [1.165, 1.54) is 12.1 Å². The van der Waals surface area contributed by atoms with Gasteiger partial charge in [0.25, 0.3) is 0 Å². The van der Waals surface area contributed by atoms with Gasteiger partial charge in [0.15, 0.2) is 11.5 Å². The van der Waals surface area contributed by atoms with Crippen LogP contribution in [-0.2, 0) is 0 Å². The van der Waals surface area contributed by atoms with E-state index in [4.69, 9.17) is 18.9 Å². The van der Waals surface area contributed by atoms with Crippen LogP contribution in [0.4, 0.5) is 4.39 Å². The summed E-state index contributed by atoms with van der Waals surface area (Å²) in [6.45, 7) is 6.97. The molecule has 3 rings (SSSR count). The molecule has 2 unspecified atom stereocenters. The second-order valence-corrected chi connectivity index (χ2v) is 7.16. The van der Waals surface area contributed by atoms with E-state index < -0.39 is 6.10 Å². The first-order chi connectivity index (χ1) is 14.6. The molecule has 2 aromatic carbocycles. The number of aliphatic hydroxyl groups excluding tert-OH is 1. The Hall–Kier alpha value is -2.51. The van der Waals surface area contributed by atoms with Crippen LogP contribution in [0.25, 0.3) is 0 Å². The predicted octanol–water partition coefficient (Wildman–Crippen LogP) is 3.52. The molecule has 1 aliphatic heterocycles. The molecular weight excluding hydrogens is 389 g/mol. The summed E-state index contributed by atoms with van der Waals surface area (Å²) in [4.78, 5) is 2.14. The molecule has 1 fully saturated rings. The number of ether oxygens (including phenoxy) is 4. The topological polar surface area (TPSA) is 60.4 Å². The van der Waals surface area contributed by atoms with E-state index in [2.05, 4.69) is 4.90 Å². The second-order valence-electron chi connectivity index (χ2n) is 7.16. The molecular formula is C23H30FNO5. The number of hydrogen-bond donors (Lipinski definition) is 1. The number of halogens is 1. The van der Waals surface area contributed by atoms with Gasteiger partial charge in [-0.1, -0.05) is 6.07 Å². The molecule has 2 aromatic rings. The summed E-state index contributed by atoms with van der Waals surface area (Å²) in [7, 11) is 0. The Bertz CT molecular complexity index is 761. The Morgan fingerprint density at radius 2 is 1.70 bits per heavy atom. The lowest BCUT2D eigenvalue weighted by atomic mass is 10.3. The third-order valence-electron chi connectivity index (χ3n) is 4.78. The third kappa shape index (κ3) is 6.24. The molecule has 0 aromatic heterocycles. The van der Waals surface area contributed by atoms with Crippen molar-refractivity contribution >= 4 is 0 Å². The van der Waals surface area contributed by atoms with Crippen molar-refractivity contribution in [3.8, 4) is 23.0 Å². The average molecular weight is 419 g/mol. The molecule has 164 valence electrons. The van der Waals surface area contributed by atoms with E-state index in [-0.39, 0.29) is 18.5 Å². The number of likely N-dealkylation sites (tertiary alicyclic amines) is 1. The van der Waals surface area contributed by atoms with Gasteiger partial charge in [-0.05, 0) is 56.7 Å². The molecule has 0 bridgehead atoms. The average Bonchev–Trinajstić information content (AvgIpc) is 3.16. The maximum Gasteiger partial charge on any atom is 0.203 e. The van der Waals surface area contributed by atoms with E-state index in [1.54, 1.807) is 12.1 Å². The zero-order valence-electron chi connectivity index (χ0n) is 17.6. The minimum atomic E-state index is -0.668. The summed E-state index contributed by atoms with van der Waals surface area (Å²) >= 11 is 0. The fourth-order valence-corrected chi connectivity index (χ4v) is 3.47. The van der Waals surface area contributed by atoms with Crippen molar-refractivity contribution in [2.24, 2.45) is 0 Å². The molecule has 1 saturated heterocycles.